The van der Waals surface area contributed by atoms with Crippen molar-refractivity contribution in [1.82, 2.24) is 0 Å². The van der Waals surface area contributed by atoms with Crippen molar-refractivity contribution in [3.8, 4) is 0 Å². The molecule has 0 aromatic heterocycles. The third-order valence-corrected chi connectivity index (χ3v) is 4.54. The molecule has 1 aromatic rings. The van der Waals surface area contributed by atoms with Gasteiger partial charge in [-0.05, 0) is 42.5 Å². The fourth-order valence-electron chi connectivity index (χ4n) is 2.43. The van der Waals surface area contributed by atoms with Crippen LogP contribution >= 0.6 is 15.9 Å². The predicted octanol–water partition coefficient (Wildman–Crippen LogP) is 3.04. The van der Waals surface area contributed by atoms with E-state index in [1.807, 2.05) is 0 Å². The summed E-state index contributed by atoms with van der Waals surface area (Å²) in [5.41, 5.74) is 8.22. The molecule has 2 nitrogen and oxygen atoms in total. The van der Waals surface area contributed by atoms with Crippen LogP contribution in [0.3, 0.4) is 0 Å². The molecule has 0 spiro atoms. The minimum atomic E-state index is 0.704. The molecule has 2 N–H and O–H groups in total. The normalized spacial score (nSPS) is 24.4. The Morgan fingerprint density at radius 1 is 1.29 bits per heavy atom. The first-order valence-corrected chi connectivity index (χ1v) is 7.14. The number of anilines is 1. The van der Waals surface area contributed by atoms with Gasteiger partial charge in [-0.1, -0.05) is 35.8 Å². The highest BCUT2D eigenvalue weighted by atomic mass is 79.9. The Morgan fingerprint density at radius 3 is 2.47 bits per heavy atom. The van der Waals surface area contributed by atoms with Gasteiger partial charge in [0.2, 0.25) is 0 Å². The van der Waals surface area contributed by atoms with Crippen molar-refractivity contribution >= 4 is 21.6 Å². The largest absolute Gasteiger partial charge is 0.371 e. The molecule has 1 fully saturated rings. The van der Waals surface area contributed by atoms with Gasteiger partial charge in [-0.15, -0.1) is 0 Å². The molecule has 1 aliphatic rings. The van der Waals surface area contributed by atoms with Crippen molar-refractivity contribution < 1.29 is 0 Å². The summed E-state index contributed by atoms with van der Waals surface area (Å²) in [6, 6.07) is 6.65. The molecule has 1 saturated heterocycles. The number of halogens is 1. The molecule has 0 bridgehead atoms. The van der Waals surface area contributed by atoms with Crippen LogP contribution in [0, 0.1) is 11.8 Å². The number of rotatable bonds is 3. The van der Waals surface area contributed by atoms with Crippen LogP contribution in [0.25, 0.3) is 0 Å². The average Bonchev–Trinajstić information content (AvgIpc) is 2.62. The van der Waals surface area contributed by atoms with Crippen LogP contribution in [0.15, 0.2) is 22.7 Å². The Hall–Kier alpha value is -0.540. The Bertz CT molecular complexity index is 382. The van der Waals surface area contributed by atoms with Crippen LogP contribution in [-0.4, -0.2) is 19.6 Å². The van der Waals surface area contributed by atoms with E-state index < -0.39 is 0 Å². The lowest BCUT2D eigenvalue weighted by atomic mass is 10.0. The number of nitrogens with two attached hydrogens (primary N) is 1. The number of nitrogens with zero attached hydrogens (tertiary/aromatic N) is 1. The summed E-state index contributed by atoms with van der Waals surface area (Å²) >= 11 is 3.64. The van der Waals surface area contributed by atoms with E-state index in [1.54, 1.807) is 0 Å². The quantitative estimate of drug-likeness (QED) is 0.929. The standard InChI is InChI=1S/C14H21BrN2/c1-10-8-17(9-11(10)2)13-4-3-12(5-6-16)14(15)7-13/h3-4,7,10-11H,5-6,8-9,16H2,1-2H3. The highest BCUT2D eigenvalue weighted by Gasteiger charge is 2.26. The van der Waals surface area contributed by atoms with E-state index in [-0.39, 0.29) is 0 Å². The Kier molecular flexibility index (Phi) is 4.10. The van der Waals surface area contributed by atoms with Gasteiger partial charge < -0.3 is 10.6 Å². The number of hydrogen-bond acceptors (Lipinski definition) is 2. The Morgan fingerprint density at radius 2 is 1.94 bits per heavy atom. The minimum Gasteiger partial charge on any atom is -0.371 e. The minimum absolute atomic E-state index is 0.704. The lowest BCUT2D eigenvalue weighted by Gasteiger charge is -2.19. The number of hydrogen-bond donors (Lipinski definition) is 1. The molecule has 17 heavy (non-hydrogen) atoms. The molecule has 94 valence electrons. The van der Waals surface area contributed by atoms with Gasteiger partial charge in [0.15, 0.2) is 0 Å². The molecule has 2 atom stereocenters. The van der Waals surface area contributed by atoms with E-state index in [0.29, 0.717) is 6.54 Å². The van der Waals surface area contributed by atoms with Gasteiger partial charge >= 0.3 is 0 Å². The molecule has 1 heterocycles. The first-order valence-electron chi connectivity index (χ1n) is 6.35. The summed E-state index contributed by atoms with van der Waals surface area (Å²) in [5.74, 6) is 1.58. The molecule has 1 aromatic carbocycles. The maximum absolute atomic E-state index is 5.59. The summed E-state index contributed by atoms with van der Waals surface area (Å²) in [7, 11) is 0. The van der Waals surface area contributed by atoms with Crippen LogP contribution < -0.4 is 10.6 Å². The molecule has 0 aliphatic carbocycles. The fraction of sp³-hybridized carbons (Fsp3) is 0.571. The lowest BCUT2D eigenvalue weighted by molar-refractivity contribution is 0.494. The molecule has 0 radical (unpaired) electrons. The molecule has 0 amide bonds. The van der Waals surface area contributed by atoms with Crippen LogP contribution in [0.5, 0.6) is 0 Å². The molecule has 2 unspecified atom stereocenters. The second-order valence-electron chi connectivity index (χ2n) is 5.17. The van der Waals surface area contributed by atoms with Gasteiger partial charge in [0.25, 0.3) is 0 Å². The zero-order valence-corrected chi connectivity index (χ0v) is 12.2. The zero-order valence-electron chi connectivity index (χ0n) is 10.6. The zero-order chi connectivity index (χ0) is 12.4. The van der Waals surface area contributed by atoms with Gasteiger partial charge in [0.05, 0.1) is 0 Å². The Balaban J connectivity index is 2.15. The topological polar surface area (TPSA) is 29.3 Å². The third kappa shape index (κ3) is 2.83. The predicted molar refractivity (Wildman–Crippen MR) is 77.4 cm³/mol. The first-order chi connectivity index (χ1) is 8.11. The maximum Gasteiger partial charge on any atom is 0.0377 e. The van der Waals surface area contributed by atoms with Crippen molar-refractivity contribution in [1.29, 1.82) is 0 Å². The van der Waals surface area contributed by atoms with E-state index in [0.717, 1.165) is 18.3 Å². The van der Waals surface area contributed by atoms with Gasteiger partial charge in [-0.25, -0.2) is 0 Å². The van der Waals surface area contributed by atoms with E-state index in [9.17, 15) is 0 Å². The molecule has 0 saturated carbocycles. The molecule has 3 heteroatoms. The second-order valence-corrected chi connectivity index (χ2v) is 6.03. The van der Waals surface area contributed by atoms with Crippen LogP contribution in [0.1, 0.15) is 19.4 Å². The third-order valence-electron chi connectivity index (χ3n) is 3.80. The highest BCUT2D eigenvalue weighted by molar-refractivity contribution is 9.10. The molecular formula is C14H21BrN2. The van der Waals surface area contributed by atoms with Crippen LogP contribution in [-0.2, 0) is 6.42 Å². The van der Waals surface area contributed by atoms with Crippen LogP contribution in [0.2, 0.25) is 0 Å². The van der Waals surface area contributed by atoms with Crippen molar-refractivity contribution in [2.45, 2.75) is 20.3 Å². The monoisotopic (exact) mass is 296 g/mol. The van der Waals surface area contributed by atoms with Crippen molar-refractivity contribution in [3.05, 3.63) is 28.2 Å². The summed E-state index contributed by atoms with van der Waals surface area (Å²) in [6.45, 7) is 7.72. The van der Waals surface area contributed by atoms with Crippen molar-refractivity contribution in [2.75, 3.05) is 24.5 Å². The maximum atomic E-state index is 5.59. The summed E-state index contributed by atoms with van der Waals surface area (Å²) in [5, 5.41) is 0. The van der Waals surface area contributed by atoms with Gasteiger partial charge in [0.1, 0.15) is 0 Å². The lowest BCUT2D eigenvalue weighted by Crippen LogP contribution is -2.19. The van der Waals surface area contributed by atoms with E-state index in [4.69, 9.17) is 5.73 Å². The highest BCUT2D eigenvalue weighted by Crippen LogP contribution is 2.30. The number of benzene rings is 1. The Labute approximate surface area is 112 Å². The fourth-order valence-corrected chi connectivity index (χ4v) is 3.00. The van der Waals surface area contributed by atoms with E-state index in [2.05, 4.69) is 52.9 Å². The van der Waals surface area contributed by atoms with Gasteiger partial charge in [-0.3, -0.25) is 0 Å². The van der Waals surface area contributed by atoms with E-state index in [1.165, 1.54) is 28.8 Å². The van der Waals surface area contributed by atoms with Crippen molar-refractivity contribution in [3.63, 3.8) is 0 Å². The average molecular weight is 297 g/mol. The van der Waals surface area contributed by atoms with Crippen LogP contribution in [0.4, 0.5) is 5.69 Å². The second kappa shape index (κ2) is 5.40. The summed E-state index contributed by atoms with van der Waals surface area (Å²) in [6.07, 6.45) is 0.938. The molecule has 1 aliphatic heterocycles. The van der Waals surface area contributed by atoms with E-state index >= 15 is 0 Å². The summed E-state index contributed by atoms with van der Waals surface area (Å²) < 4.78 is 1.19. The summed E-state index contributed by atoms with van der Waals surface area (Å²) in [4.78, 5) is 2.48. The molecular weight excluding hydrogens is 276 g/mol. The first kappa shape index (κ1) is 12.9. The SMILES string of the molecule is CC1CN(c2ccc(CCN)c(Br)c2)CC1C. The smallest absolute Gasteiger partial charge is 0.0377 e. The van der Waals surface area contributed by atoms with Gasteiger partial charge in [0, 0.05) is 23.2 Å². The van der Waals surface area contributed by atoms with Gasteiger partial charge in [-0.2, -0.15) is 0 Å². The van der Waals surface area contributed by atoms with Crippen molar-refractivity contribution in [2.24, 2.45) is 17.6 Å². The molecule has 2 rings (SSSR count).